The van der Waals surface area contributed by atoms with Gasteiger partial charge in [-0.15, -0.1) is 0 Å². The minimum Gasteiger partial charge on any atom is -0.483 e. The average molecular weight is 415 g/mol. The Morgan fingerprint density at radius 1 is 1.33 bits per heavy atom. The maximum atomic E-state index is 12.6. The number of carbonyl (C=O) groups excluding carboxylic acids is 1. The van der Waals surface area contributed by atoms with E-state index in [0.29, 0.717) is 19.5 Å². The highest BCUT2D eigenvalue weighted by Gasteiger charge is 2.32. The molecule has 4 N–H and O–H groups in total. The van der Waals surface area contributed by atoms with Crippen molar-refractivity contribution < 1.29 is 19.8 Å². The molecule has 1 saturated heterocycles. The van der Waals surface area contributed by atoms with Gasteiger partial charge in [-0.05, 0) is 25.8 Å². The number of aromatic amines is 1. The molecule has 0 unspecified atom stereocenters. The zero-order valence-corrected chi connectivity index (χ0v) is 17.4. The first-order valence-electron chi connectivity index (χ1n) is 9.94. The number of H-pyrrole nitrogens is 1. The Hall–Kier alpha value is -2.97. The molecule has 0 saturated carbocycles. The molecule has 0 radical (unpaired) electrons. The Morgan fingerprint density at radius 3 is 2.67 bits per heavy atom. The number of benzene rings is 1. The smallest absolute Gasteiger partial charge is 0.290 e. The largest absolute Gasteiger partial charge is 0.483 e. The highest BCUT2D eigenvalue weighted by atomic mass is 16.3. The van der Waals surface area contributed by atoms with Crippen LogP contribution in [0.3, 0.4) is 0 Å². The fourth-order valence-electron chi connectivity index (χ4n) is 3.47. The molecule has 1 amide bonds. The van der Waals surface area contributed by atoms with Crippen molar-refractivity contribution in [3.8, 4) is 0 Å². The topological polar surface area (TPSA) is 119 Å². The van der Waals surface area contributed by atoms with Crippen LogP contribution >= 0.6 is 0 Å². The molecule has 2 atom stereocenters. The first kappa shape index (κ1) is 23.3. The lowest BCUT2D eigenvalue weighted by Crippen LogP contribution is -2.49. The van der Waals surface area contributed by atoms with Gasteiger partial charge in [0.15, 0.2) is 0 Å². The molecule has 1 aliphatic heterocycles. The molecule has 0 aliphatic carbocycles. The van der Waals surface area contributed by atoms with Crippen LogP contribution in [-0.4, -0.2) is 63.4 Å². The van der Waals surface area contributed by atoms with E-state index in [0.717, 1.165) is 35.6 Å². The highest BCUT2D eigenvalue weighted by molar-refractivity contribution is 5.79. The summed E-state index contributed by atoms with van der Waals surface area (Å²) in [6, 6.07) is 10.2. The predicted octanol–water partition coefficient (Wildman–Crippen LogP) is 1.74. The van der Waals surface area contributed by atoms with Crippen LogP contribution < -0.4 is 5.32 Å². The van der Waals surface area contributed by atoms with E-state index in [2.05, 4.69) is 44.7 Å². The summed E-state index contributed by atoms with van der Waals surface area (Å²) in [5, 5.41) is 27.2. The standard InChI is InChI=1S/C21H28N4O2.CH2O2/c1-15-18(16(2)24-23-15)13-22-21(27)19-14-25(12-10-20(19)26)11-6-9-17-7-4-3-5-8-17;2-1-3/h3-9,19-20,26H,10-14H2,1-2H3,(H,22,27)(H,23,24);1H,(H,2,3)/b9-6+;/t19-,20+;/m0./s1. The van der Waals surface area contributed by atoms with Crippen LogP contribution in [0, 0.1) is 19.8 Å². The number of nitrogens with zero attached hydrogens (tertiary/aromatic N) is 2. The summed E-state index contributed by atoms with van der Waals surface area (Å²) in [5.74, 6) is -0.504. The second-order valence-electron chi connectivity index (χ2n) is 7.27. The van der Waals surface area contributed by atoms with E-state index in [4.69, 9.17) is 9.90 Å². The number of nitrogens with one attached hydrogen (secondary N) is 2. The van der Waals surface area contributed by atoms with Gasteiger partial charge in [-0.3, -0.25) is 19.6 Å². The fourth-order valence-corrected chi connectivity index (χ4v) is 3.47. The number of carbonyl (C=O) groups is 2. The number of hydrogen-bond acceptors (Lipinski definition) is 5. The van der Waals surface area contributed by atoms with Crippen LogP contribution in [0.1, 0.15) is 28.9 Å². The quantitative estimate of drug-likeness (QED) is 0.535. The lowest BCUT2D eigenvalue weighted by Gasteiger charge is -2.34. The lowest BCUT2D eigenvalue weighted by atomic mass is 9.93. The average Bonchev–Trinajstić information content (AvgIpc) is 3.06. The summed E-state index contributed by atoms with van der Waals surface area (Å²) < 4.78 is 0. The van der Waals surface area contributed by atoms with E-state index in [-0.39, 0.29) is 12.4 Å². The maximum Gasteiger partial charge on any atom is 0.290 e. The molecule has 162 valence electrons. The number of carboxylic acid groups (broad SMARTS) is 1. The van der Waals surface area contributed by atoms with Crippen LogP contribution in [0.4, 0.5) is 0 Å². The van der Waals surface area contributed by atoms with Gasteiger partial charge in [-0.25, -0.2) is 0 Å². The van der Waals surface area contributed by atoms with E-state index in [9.17, 15) is 9.90 Å². The van der Waals surface area contributed by atoms with Gasteiger partial charge in [0, 0.05) is 37.4 Å². The Kier molecular flexibility index (Phi) is 9.24. The van der Waals surface area contributed by atoms with Gasteiger partial charge in [0.2, 0.25) is 5.91 Å². The molecule has 30 heavy (non-hydrogen) atoms. The van der Waals surface area contributed by atoms with Crippen molar-refractivity contribution in [2.45, 2.75) is 32.9 Å². The minimum absolute atomic E-state index is 0.0979. The molecule has 1 aromatic carbocycles. The van der Waals surface area contributed by atoms with Crippen LogP contribution in [0.2, 0.25) is 0 Å². The number of likely N-dealkylation sites (tertiary alicyclic amines) is 1. The zero-order valence-electron chi connectivity index (χ0n) is 17.4. The van der Waals surface area contributed by atoms with E-state index in [1.165, 1.54) is 0 Å². The summed E-state index contributed by atoms with van der Waals surface area (Å²) in [7, 11) is 0. The van der Waals surface area contributed by atoms with Crippen LogP contribution in [0.5, 0.6) is 0 Å². The Bertz CT molecular complexity index is 815. The Morgan fingerprint density at radius 2 is 2.03 bits per heavy atom. The third kappa shape index (κ3) is 6.82. The van der Waals surface area contributed by atoms with Gasteiger partial charge in [-0.2, -0.15) is 5.10 Å². The summed E-state index contributed by atoms with van der Waals surface area (Å²) in [6.07, 6.45) is 4.22. The Labute approximate surface area is 176 Å². The summed E-state index contributed by atoms with van der Waals surface area (Å²) in [5.41, 5.74) is 4.03. The first-order valence-corrected chi connectivity index (χ1v) is 9.94. The number of rotatable bonds is 6. The van der Waals surface area contributed by atoms with Gasteiger partial charge < -0.3 is 15.5 Å². The second kappa shape index (κ2) is 11.9. The molecule has 1 fully saturated rings. The second-order valence-corrected chi connectivity index (χ2v) is 7.27. The molecule has 3 rings (SSSR count). The molecule has 1 aliphatic rings. The molecule has 1 aromatic heterocycles. The summed E-state index contributed by atoms with van der Waals surface area (Å²) in [4.78, 5) is 23.2. The minimum atomic E-state index is -0.592. The van der Waals surface area contributed by atoms with Crippen LogP contribution in [0.25, 0.3) is 6.08 Å². The fraction of sp³-hybridized carbons (Fsp3) is 0.409. The molecule has 8 heteroatoms. The number of aryl methyl sites for hydroxylation is 2. The van der Waals surface area contributed by atoms with Crippen molar-refractivity contribution in [2.24, 2.45) is 5.92 Å². The van der Waals surface area contributed by atoms with Gasteiger partial charge >= 0.3 is 0 Å². The van der Waals surface area contributed by atoms with E-state index in [1.54, 1.807) is 0 Å². The van der Waals surface area contributed by atoms with Crippen LogP contribution in [-0.2, 0) is 16.1 Å². The molecule has 0 bridgehead atoms. The number of piperidine rings is 1. The normalized spacial score (nSPS) is 19.2. The molecular formula is C22H30N4O4. The third-order valence-corrected chi connectivity index (χ3v) is 5.19. The van der Waals surface area contributed by atoms with E-state index in [1.807, 2.05) is 32.0 Å². The third-order valence-electron chi connectivity index (χ3n) is 5.19. The lowest BCUT2D eigenvalue weighted by molar-refractivity contribution is -0.131. The van der Waals surface area contributed by atoms with Gasteiger partial charge in [-0.1, -0.05) is 42.5 Å². The van der Waals surface area contributed by atoms with Crippen LogP contribution in [0.15, 0.2) is 36.4 Å². The van der Waals surface area contributed by atoms with Gasteiger partial charge in [0.05, 0.1) is 17.7 Å². The van der Waals surface area contributed by atoms with Crippen molar-refractivity contribution in [1.29, 1.82) is 0 Å². The highest BCUT2D eigenvalue weighted by Crippen LogP contribution is 2.18. The number of hydrogen-bond donors (Lipinski definition) is 4. The predicted molar refractivity (Wildman–Crippen MR) is 115 cm³/mol. The molecule has 8 nitrogen and oxygen atoms in total. The van der Waals surface area contributed by atoms with E-state index < -0.39 is 12.0 Å². The zero-order chi connectivity index (χ0) is 21.9. The van der Waals surface area contributed by atoms with Gasteiger partial charge in [0.25, 0.3) is 6.47 Å². The SMILES string of the molecule is Cc1n[nH]c(C)c1CNC(=O)[C@H]1CN(C/C=C/c2ccccc2)CC[C@H]1O.O=CO. The van der Waals surface area contributed by atoms with Crippen molar-refractivity contribution in [1.82, 2.24) is 20.4 Å². The monoisotopic (exact) mass is 414 g/mol. The Balaban J connectivity index is 0.00000101. The van der Waals surface area contributed by atoms with Crippen molar-refractivity contribution in [3.63, 3.8) is 0 Å². The van der Waals surface area contributed by atoms with Crippen molar-refractivity contribution >= 4 is 18.5 Å². The first-order chi connectivity index (χ1) is 14.5. The number of amides is 1. The molecule has 2 aromatic rings. The molecular weight excluding hydrogens is 384 g/mol. The number of aromatic nitrogens is 2. The van der Waals surface area contributed by atoms with E-state index >= 15 is 0 Å². The molecule has 2 heterocycles. The number of aliphatic hydroxyl groups excluding tert-OH is 1. The maximum absolute atomic E-state index is 12.6. The van der Waals surface area contributed by atoms with Gasteiger partial charge in [0.1, 0.15) is 0 Å². The number of aliphatic hydroxyl groups is 1. The molecule has 0 spiro atoms. The summed E-state index contributed by atoms with van der Waals surface area (Å²) >= 11 is 0. The van der Waals surface area contributed by atoms with Crippen molar-refractivity contribution in [2.75, 3.05) is 19.6 Å². The van der Waals surface area contributed by atoms with Crippen molar-refractivity contribution in [3.05, 3.63) is 58.9 Å². The summed E-state index contributed by atoms with van der Waals surface area (Å²) in [6.45, 7) is 6.17.